The first-order valence-electron chi connectivity index (χ1n) is 6.45. The van der Waals surface area contributed by atoms with E-state index in [2.05, 4.69) is 5.32 Å². The number of aryl methyl sites for hydroxylation is 1. The molecule has 0 aliphatic rings. The van der Waals surface area contributed by atoms with E-state index in [0.29, 0.717) is 0 Å². The molecule has 0 radical (unpaired) electrons. The van der Waals surface area contributed by atoms with Crippen LogP contribution in [0.5, 0.6) is 0 Å². The van der Waals surface area contributed by atoms with Crippen LogP contribution in [0.4, 0.5) is 14.5 Å². The highest BCUT2D eigenvalue weighted by atomic mass is 32.2. The van der Waals surface area contributed by atoms with Crippen LogP contribution in [0.3, 0.4) is 0 Å². The monoisotopic (exact) mass is 307 g/mol. The number of nitrogens with one attached hydrogen (secondary N) is 1. The Morgan fingerprint density at radius 2 is 1.86 bits per heavy atom. The average Bonchev–Trinajstić information content (AvgIpc) is 2.45. The third-order valence-corrected chi connectivity index (χ3v) is 4.23. The fourth-order valence-electron chi connectivity index (χ4n) is 1.75. The van der Waals surface area contributed by atoms with E-state index >= 15 is 0 Å². The predicted molar refractivity (Wildman–Crippen MR) is 81.5 cm³/mol. The van der Waals surface area contributed by atoms with Crippen molar-refractivity contribution >= 4 is 23.4 Å². The Morgan fingerprint density at radius 3 is 2.52 bits per heavy atom. The Hall–Kier alpha value is -1.88. The zero-order valence-corrected chi connectivity index (χ0v) is 12.5. The molecule has 1 unspecified atom stereocenters. The summed E-state index contributed by atoms with van der Waals surface area (Å²) >= 11 is 1.43. The Balaban J connectivity index is 2.02. The summed E-state index contributed by atoms with van der Waals surface area (Å²) in [5.41, 5.74) is 1.34. The normalized spacial score (nSPS) is 12.0. The minimum Gasteiger partial charge on any atom is -0.325 e. The number of thioether (sulfide) groups is 1. The first kappa shape index (κ1) is 15.5. The third-order valence-electron chi connectivity index (χ3n) is 2.95. The van der Waals surface area contributed by atoms with Gasteiger partial charge in [-0.2, -0.15) is 0 Å². The SMILES string of the molecule is Cc1ccccc1SC(C)C(=O)Nc1ccc(F)c(F)c1. The Morgan fingerprint density at radius 1 is 1.14 bits per heavy atom. The fraction of sp³-hybridized carbons (Fsp3) is 0.188. The average molecular weight is 307 g/mol. The lowest BCUT2D eigenvalue weighted by Gasteiger charge is -2.13. The van der Waals surface area contributed by atoms with Gasteiger partial charge in [0.25, 0.3) is 0 Å². The van der Waals surface area contributed by atoms with Crippen molar-refractivity contribution < 1.29 is 13.6 Å². The molecule has 21 heavy (non-hydrogen) atoms. The summed E-state index contributed by atoms with van der Waals surface area (Å²) in [4.78, 5) is 13.1. The maximum absolute atomic E-state index is 13.1. The summed E-state index contributed by atoms with van der Waals surface area (Å²) in [7, 11) is 0. The molecule has 0 fully saturated rings. The summed E-state index contributed by atoms with van der Waals surface area (Å²) in [5.74, 6) is -2.17. The Labute approximate surface area is 126 Å². The number of hydrogen-bond donors (Lipinski definition) is 1. The summed E-state index contributed by atoms with van der Waals surface area (Å²) in [6.07, 6.45) is 0. The van der Waals surface area contributed by atoms with Gasteiger partial charge in [-0.1, -0.05) is 18.2 Å². The summed E-state index contributed by atoms with van der Waals surface area (Å²) in [6.45, 7) is 3.74. The van der Waals surface area contributed by atoms with Gasteiger partial charge in [0, 0.05) is 16.6 Å². The molecule has 0 heterocycles. The summed E-state index contributed by atoms with van der Waals surface area (Å²) < 4.78 is 25.9. The number of carbonyl (C=O) groups excluding carboxylic acids is 1. The van der Waals surface area contributed by atoms with E-state index < -0.39 is 11.6 Å². The van der Waals surface area contributed by atoms with Gasteiger partial charge >= 0.3 is 0 Å². The smallest absolute Gasteiger partial charge is 0.237 e. The Bertz CT molecular complexity index is 660. The van der Waals surface area contributed by atoms with Crippen LogP contribution in [0.15, 0.2) is 47.4 Å². The van der Waals surface area contributed by atoms with E-state index in [-0.39, 0.29) is 16.8 Å². The van der Waals surface area contributed by atoms with Crippen molar-refractivity contribution in [2.75, 3.05) is 5.32 Å². The van der Waals surface area contributed by atoms with Gasteiger partial charge in [0.1, 0.15) is 0 Å². The molecule has 1 N–H and O–H groups in total. The van der Waals surface area contributed by atoms with Crippen molar-refractivity contribution in [3.63, 3.8) is 0 Å². The van der Waals surface area contributed by atoms with E-state index in [0.717, 1.165) is 22.6 Å². The fourth-order valence-corrected chi connectivity index (χ4v) is 2.71. The molecule has 0 bridgehead atoms. The van der Waals surface area contributed by atoms with Crippen LogP contribution < -0.4 is 5.32 Å². The number of amides is 1. The maximum Gasteiger partial charge on any atom is 0.237 e. The highest BCUT2D eigenvalue weighted by Crippen LogP contribution is 2.27. The number of halogens is 2. The highest BCUT2D eigenvalue weighted by molar-refractivity contribution is 8.00. The topological polar surface area (TPSA) is 29.1 Å². The lowest BCUT2D eigenvalue weighted by atomic mass is 10.2. The Kier molecular flexibility index (Phi) is 4.96. The van der Waals surface area contributed by atoms with Gasteiger partial charge in [0.2, 0.25) is 5.91 Å². The first-order valence-corrected chi connectivity index (χ1v) is 7.33. The van der Waals surface area contributed by atoms with Crippen LogP contribution in [-0.4, -0.2) is 11.2 Å². The zero-order valence-electron chi connectivity index (χ0n) is 11.7. The lowest BCUT2D eigenvalue weighted by Crippen LogP contribution is -2.22. The first-order chi connectivity index (χ1) is 9.97. The summed E-state index contributed by atoms with van der Waals surface area (Å²) in [5, 5.41) is 2.24. The van der Waals surface area contributed by atoms with Crippen LogP contribution in [0.2, 0.25) is 0 Å². The molecule has 0 aromatic heterocycles. The van der Waals surface area contributed by atoms with Crippen LogP contribution in [0.25, 0.3) is 0 Å². The molecular weight excluding hydrogens is 292 g/mol. The molecule has 0 aliphatic heterocycles. The summed E-state index contributed by atoms with van der Waals surface area (Å²) in [6, 6.07) is 11.1. The second-order valence-electron chi connectivity index (χ2n) is 4.64. The molecule has 2 nitrogen and oxygen atoms in total. The van der Waals surface area contributed by atoms with E-state index in [9.17, 15) is 13.6 Å². The molecule has 0 spiro atoms. The molecular formula is C16H15F2NOS. The van der Waals surface area contributed by atoms with Crippen LogP contribution in [0, 0.1) is 18.6 Å². The molecule has 0 saturated carbocycles. The number of benzene rings is 2. The molecule has 2 aromatic rings. The van der Waals surface area contributed by atoms with Crippen LogP contribution in [0.1, 0.15) is 12.5 Å². The second kappa shape index (κ2) is 6.72. The second-order valence-corrected chi connectivity index (χ2v) is 6.03. The molecule has 110 valence electrons. The van der Waals surface area contributed by atoms with Gasteiger partial charge in [-0.3, -0.25) is 4.79 Å². The van der Waals surface area contributed by atoms with E-state index in [1.54, 1.807) is 6.92 Å². The van der Waals surface area contributed by atoms with Gasteiger partial charge in [-0.25, -0.2) is 8.78 Å². The van der Waals surface area contributed by atoms with Crippen LogP contribution >= 0.6 is 11.8 Å². The van der Waals surface area contributed by atoms with Gasteiger partial charge in [-0.05, 0) is 37.6 Å². The van der Waals surface area contributed by atoms with Gasteiger partial charge in [0.05, 0.1) is 5.25 Å². The van der Waals surface area contributed by atoms with Crippen LogP contribution in [-0.2, 0) is 4.79 Å². The van der Waals surface area contributed by atoms with Crippen molar-refractivity contribution in [1.29, 1.82) is 0 Å². The predicted octanol–water partition coefficient (Wildman–Crippen LogP) is 4.39. The van der Waals surface area contributed by atoms with Gasteiger partial charge in [-0.15, -0.1) is 11.8 Å². The minimum atomic E-state index is -0.980. The molecule has 0 aliphatic carbocycles. The molecule has 2 aromatic carbocycles. The third kappa shape index (κ3) is 4.04. The maximum atomic E-state index is 13.1. The van der Waals surface area contributed by atoms with Crippen molar-refractivity contribution in [2.24, 2.45) is 0 Å². The largest absolute Gasteiger partial charge is 0.325 e. The van der Waals surface area contributed by atoms with Crippen molar-refractivity contribution in [3.05, 3.63) is 59.7 Å². The quantitative estimate of drug-likeness (QED) is 0.849. The molecule has 1 amide bonds. The molecule has 2 rings (SSSR count). The molecule has 0 saturated heterocycles. The highest BCUT2D eigenvalue weighted by Gasteiger charge is 2.16. The standard InChI is InChI=1S/C16H15F2NOS/c1-10-5-3-4-6-15(10)21-11(2)16(20)19-12-7-8-13(17)14(18)9-12/h3-9,11H,1-2H3,(H,19,20). The lowest BCUT2D eigenvalue weighted by molar-refractivity contribution is -0.115. The minimum absolute atomic E-state index is 0.246. The number of anilines is 1. The van der Waals surface area contributed by atoms with Crippen molar-refractivity contribution in [1.82, 2.24) is 0 Å². The van der Waals surface area contributed by atoms with E-state index in [1.165, 1.54) is 17.8 Å². The molecule has 5 heteroatoms. The number of carbonyl (C=O) groups is 1. The van der Waals surface area contributed by atoms with Crippen molar-refractivity contribution in [2.45, 2.75) is 24.0 Å². The van der Waals surface area contributed by atoms with Crippen molar-refractivity contribution in [3.8, 4) is 0 Å². The number of rotatable bonds is 4. The van der Waals surface area contributed by atoms with E-state index in [4.69, 9.17) is 0 Å². The van der Waals surface area contributed by atoms with Gasteiger partial charge < -0.3 is 5.32 Å². The van der Waals surface area contributed by atoms with E-state index in [1.807, 2.05) is 31.2 Å². The van der Waals surface area contributed by atoms with Gasteiger partial charge in [0.15, 0.2) is 11.6 Å². The molecule has 1 atom stereocenters. The number of hydrogen-bond acceptors (Lipinski definition) is 2. The zero-order chi connectivity index (χ0) is 15.4.